The molecular weight excluding hydrogens is 448 g/mol. The normalized spacial score (nSPS) is 16.3. The number of aromatic nitrogens is 1. The number of nitrogens with zero attached hydrogens (tertiary/aromatic N) is 2. The molecule has 0 radical (unpaired) electrons. The van der Waals surface area contributed by atoms with Gasteiger partial charge in [0.1, 0.15) is 16.8 Å². The minimum atomic E-state index is -3.99. The lowest BCUT2D eigenvalue weighted by molar-refractivity contribution is -0.134. The van der Waals surface area contributed by atoms with Crippen LogP contribution >= 0.6 is 11.6 Å². The molecule has 1 fully saturated rings. The molecule has 0 saturated carbocycles. The van der Waals surface area contributed by atoms with E-state index in [-0.39, 0.29) is 22.2 Å². The molecule has 2 aromatic rings. The van der Waals surface area contributed by atoms with Gasteiger partial charge in [-0.15, -0.1) is 0 Å². The molecule has 9 heteroatoms. The van der Waals surface area contributed by atoms with Crippen LogP contribution in [0.3, 0.4) is 0 Å². The minimum absolute atomic E-state index is 0.0154. The van der Waals surface area contributed by atoms with Gasteiger partial charge in [0.05, 0.1) is 5.02 Å². The number of nitrogens with two attached hydrogens (primary N) is 1. The van der Waals surface area contributed by atoms with Crippen LogP contribution in [-0.4, -0.2) is 42.9 Å². The highest BCUT2D eigenvalue weighted by Crippen LogP contribution is 2.26. The van der Waals surface area contributed by atoms with Crippen molar-refractivity contribution in [1.82, 2.24) is 14.2 Å². The number of likely N-dealkylation sites (tertiary alicyclic amines) is 1. The first-order valence-corrected chi connectivity index (χ1v) is 13.1. The SMILES string of the molecule is CCCC1CCN(C(=O)C(CCn2cccc2N)NS(=O)(=O)c2c(C)cccc2Cl)CC1. The number of carbonyl (C=O) groups is 1. The molecular formula is C23H33ClN4O3S. The molecule has 1 amide bonds. The summed E-state index contributed by atoms with van der Waals surface area (Å²) in [4.78, 5) is 15.2. The summed E-state index contributed by atoms with van der Waals surface area (Å²) in [5.74, 6) is 1.00. The Morgan fingerprint density at radius 1 is 1.25 bits per heavy atom. The second-order valence-corrected chi connectivity index (χ2v) is 10.6. The van der Waals surface area contributed by atoms with E-state index in [0.29, 0.717) is 36.9 Å². The van der Waals surface area contributed by atoms with Crippen LogP contribution in [0, 0.1) is 12.8 Å². The van der Waals surface area contributed by atoms with Crippen LogP contribution < -0.4 is 10.5 Å². The van der Waals surface area contributed by atoms with Crippen molar-refractivity contribution < 1.29 is 13.2 Å². The third-order valence-electron chi connectivity index (χ3n) is 6.17. The summed E-state index contributed by atoms with van der Waals surface area (Å²) in [6.07, 6.45) is 6.31. The summed E-state index contributed by atoms with van der Waals surface area (Å²) in [6, 6.07) is 7.62. The van der Waals surface area contributed by atoms with Gasteiger partial charge in [0.15, 0.2) is 0 Å². The molecule has 7 nitrogen and oxygen atoms in total. The predicted molar refractivity (Wildman–Crippen MR) is 128 cm³/mol. The Bertz CT molecular complexity index is 1010. The smallest absolute Gasteiger partial charge is 0.243 e. The zero-order valence-corrected chi connectivity index (χ0v) is 20.3. The monoisotopic (exact) mass is 480 g/mol. The molecule has 0 aliphatic carbocycles. The van der Waals surface area contributed by atoms with E-state index in [4.69, 9.17) is 17.3 Å². The molecule has 32 heavy (non-hydrogen) atoms. The second-order valence-electron chi connectivity index (χ2n) is 8.53. The van der Waals surface area contributed by atoms with Crippen molar-refractivity contribution in [3.8, 4) is 0 Å². The average molecular weight is 481 g/mol. The fourth-order valence-electron chi connectivity index (χ4n) is 4.41. The summed E-state index contributed by atoms with van der Waals surface area (Å²) in [5.41, 5.74) is 6.49. The van der Waals surface area contributed by atoms with Gasteiger partial charge < -0.3 is 15.2 Å². The number of carbonyl (C=O) groups excluding carboxylic acids is 1. The highest BCUT2D eigenvalue weighted by Gasteiger charge is 2.32. The molecule has 1 aliphatic rings. The molecule has 1 unspecified atom stereocenters. The summed E-state index contributed by atoms with van der Waals surface area (Å²) >= 11 is 6.22. The number of benzene rings is 1. The van der Waals surface area contributed by atoms with Crippen molar-refractivity contribution in [3.63, 3.8) is 0 Å². The largest absolute Gasteiger partial charge is 0.385 e. The minimum Gasteiger partial charge on any atom is -0.385 e. The highest BCUT2D eigenvalue weighted by molar-refractivity contribution is 7.89. The number of aryl methyl sites for hydroxylation is 2. The van der Waals surface area contributed by atoms with Crippen molar-refractivity contribution in [3.05, 3.63) is 47.1 Å². The van der Waals surface area contributed by atoms with Gasteiger partial charge in [0, 0.05) is 25.8 Å². The maximum Gasteiger partial charge on any atom is 0.243 e. The molecule has 1 atom stereocenters. The van der Waals surface area contributed by atoms with Gasteiger partial charge in [-0.3, -0.25) is 4.79 Å². The maximum atomic E-state index is 13.4. The predicted octanol–water partition coefficient (Wildman–Crippen LogP) is 3.81. The molecule has 2 heterocycles. The number of rotatable bonds is 9. The Kier molecular flexibility index (Phi) is 8.25. The van der Waals surface area contributed by atoms with E-state index in [1.54, 1.807) is 36.1 Å². The molecule has 176 valence electrons. The van der Waals surface area contributed by atoms with Gasteiger partial charge in [-0.1, -0.05) is 43.5 Å². The number of piperidine rings is 1. The van der Waals surface area contributed by atoms with Crippen molar-refractivity contribution in [2.45, 2.75) is 63.4 Å². The number of anilines is 1. The number of sulfonamides is 1. The van der Waals surface area contributed by atoms with Crippen LogP contribution in [0.15, 0.2) is 41.4 Å². The number of amides is 1. The number of halogens is 1. The van der Waals surface area contributed by atoms with Crippen molar-refractivity contribution >= 4 is 33.3 Å². The highest BCUT2D eigenvalue weighted by atomic mass is 35.5. The Labute approximate surface area is 196 Å². The molecule has 1 aromatic heterocycles. The zero-order chi connectivity index (χ0) is 23.3. The average Bonchev–Trinajstić information content (AvgIpc) is 3.16. The van der Waals surface area contributed by atoms with Crippen LogP contribution in [-0.2, 0) is 21.4 Å². The van der Waals surface area contributed by atoms with Crippen LogP contribution in [0.25, 0.3) is 0 Å². The van der Waals surface area contributed by atoms with Gasteiger partial charge in [-0.2, -0.15) is 4.72 Å². The molecule has 0 bridgehead atoms. The van der Waals surface area contributed by atoms with Crippen molar-refractivity contribution in [2.24, 2.45) is 5.92 Å². The molecule has 1 aromatic carbocycles. The Balaban J connectivity index is 1.80. The van der Waals surface area contributed by atoms with Crippen LogP contribution in [0.2, 0.25) is 5.02 Å². The lowest BCUT2D eigenvalue weighted by atomic mass is 9.92. The molecule has 0 spiro atoms. The molecule has 1 saturated heterocycles. The van der Waals surface area contributed by atoms with Crippen LogP contribution in [0.5, 0.6) is 0 Å². The second kappa shape index (κ2) is 10.7. The number of nitrogens with one attached hydrogen (secondary N) is 1. The lowest BCUT2D eigenvalue weighted by Gasteiger charge is -2.34. The summed E-state index contributed by atoms with van der Waals surface area (Å²) in [5, 5.41) is 0.138. The van der Waals surface area contributed by atoms with Gasteiger partial charge in [0.25, 0.3) is 0 Å². The van der Waals surface area contributed by atoms with Gasteiger partial charge >= 0.3 is 0 Å². The van der Waals surface area contributed by atoms with Gasteiger partial charge in [-0.05, 0) is 55.9 Å². The Hall–Kier alpha value is -2.03. The van der Waals surface area contributed by atoms with Crippen LogP contribution in [0.1, 0.15) is 44.6 Å². The van der Waals surface area contributed by atoms with Crippen molar-refractivity contribution in [2.75, 3.05) is 18.8 Å². The van der Waals surface area contributed by atoms with Crippen molar-refractivity contribution in [1.29, 1.82) is 0 Å². The van der Waals surface area contributed by atoms with Gasteiger partial charge in [-0.25, -0.2) is 8.42 Å². The van der Waals surface area contributed by atoms with E-state index in [0.717, 1.165) is 25.7 Å². The number of hydrogen-bond donors (Lipinski definition) is 2. The third kappa shape index (κ3) is 5.85. The molecule has 1 aliphatic heterocycles. The topological polar surface area (TPSA) is 97.4 Å². The first-order valence-electron chi connectivity index (χ1n) is 11.2. The summed E-state index contributed by atoms with van der Waals surface area (Å²) in [6.45, 7) is 5.59. The summed E-state index contributed by atoms with van der Waals surface area (Å²) in [7, 11) is -3.99. The fourth-order valence-corrected chi connectivity index (χ4v) is 6.46. The van der Waals surface area contributed by atoms with E-state index in [1.807, 2.05) is 16.8 Å². The third-order valence-corrected chi connectivity index (χ3v) is 8.28. The Morgan fingerprint density at radius 2 is 1.97 bits per heavy atom. The first kappa shape index (κ1) is 24.6. The molecule has 3 N–H and O–H groups in total. The first-order chi connectivity index (χ1) is 15.2. The fraction of sp³-hybridized carbons (Fsp3) is 0.522. The quantitative estimate of drug-likeness (QED) is 0.570. The van der Waals surface area contributed by atoms with E-state index in [1.165, 1.54) is 0 Å². The van der Waals surface area contributed by atoms with E-state index in [9.17, 15) is 13.2 Å². The number of nitrogen functional groups attached to an aromatic ring is 1. The van der Waals surface area contributed by atoms with E-state index >= 15 is 0 Å². The van der Waals surface area contributed by atoms with Gasteiger partial charge in [0.2, 0.25) is 15.9 Å². The Morgan fingerprint density at radius 3 is 2.56 bits per heavy atom. The maximum absolute atomic E-state index is 13.4. The summed E-state index contributed by atoms with van der Waals surface area (Å²) < 4.78 is 30.9. The van der Waals surface area contributed by atoms with E-state index in [2.05, 4.69) is 11.6 Å². The standard InChI is InChI=1S/C23H33ClN4O3S/c1-3-6-18-10-14-28(15-11-18)23(29)20(12-16-27-13-5-9-21(27)25)26-32(30,31)22-17(2)7-4-8-19(22)24/h4-5,7-9,13,18,20,26H,3,6,10-12,14-16,25H2,1-2H3. The molecule has 3 rings (SSSR count). The van der Waals surface area contributed by atoms with Crippen LogP contribution in [0.4, 0.5) is 5.82 Å². The lowest BCUT2D eigenvalue weighted by Crippen LogP contribution is -2.51. The number of hydrogen-bond acceptors (Lipinski definition) is 4. The zero-order valence-electron chi connectivity index (χ0n) is 18.8. The van der Waals surface area contributed by atoms with E-state index < -0.39 is 16.1 Å².